The van der Waals surface area contributed by atoms with Gasteiger partial charge in [-0.25, -0.2) is 0 Å². The number of rotatable bonds is 0. The first kappa shape index (κ1) is 8.35. The standard InChI is InChI=1S/C16H12/c1-2-7-15-13(4-1)9-14-8-11-5-3-6-12(11)10-16(14)15/h1-5,7-8,10H,6,9H2. The van der Waals surface area contributed by atoms with Gasteiger partial charge in [-0.2, -0.15) is 0 Å². The summed E-state index contributed by atoms with van der Waals surface area (Å²) in [6.45, 7) is 0. The Balaban J connectivity index is 2.00. The van der Waals surface area contributed by atoms with Crippen LogP contribution in [0.15, 0.2) is 42.5 Å². The highest BCUT2D eigenvalue weighted by Gasteiger charge is 2.20. The van der Waals surface area contributed by atoms with Crippen LogP contribution >= 0.6 is 0 Å². The molecule has 2 aromatic rings. The second kappa shape index (κ2) is 2.85. The van der Waals surface area contributed by atoms with Crippen molar-refractivity contribution in [2.24, 2.45) is 0 Å². The zero-order valence-corrected chi connectivity index (χ0v) is 9.03. The summed E-state index contributed by atoms with van der Waals surface area (Å²) >= 11 is 0. The molecule has 0 atom stereocenters. The molecule has 0 heteroatoms. The predicted octanol–water partition coefficient (Wildman–Crippen LogP) is 3.83. The first-order valence-electron chi connectivity index (χ1n) is 5.82. The fourth-order valence-corrected chi connectivity index (χ4v) is 2.89. The van der Waals surface area contributed by atoms with Crippen LogP contribution in [0.3, 0.4) is 0 Å². The molecule has 0 nitrogen and oxygen atoms in total. The Morgan fingerprint density at radius 1 is 0.812 bits per heavy atom. The highest BCUT2D eigenvalue weighted by molar-refractivity contribution is 5.80. The van der Waals surface area contributed by atoms with Crippen LogP contribution in [0.2, 0.25) is 0 Å². The fraction of sp³-hybridized carbons (Fsp3) is 0.125. The van der Waals surface area contributed by atoms with E-state index in [0.29, 0.717) is 0 Å². The van der Waals surface area contributed by atoms with Crippen LogP contribution in [0.5, 0.6) is 0 Å². The molecular weight excluding hydrogens is 192 g/mol. The van der Waals surface area contributed by atoms with Crippen molar-refractivity contribution in [2.45, 2.75) is 12.8 Å². The summed E-state index contributed by atoms with van der Waals surface area (Å²) in [6, 6.07) is 13.5. The Kier molecular flexibility index (Phi) is 1.49. The molecule has 0 fully saturated rings. The highest BCUT2D eigenvalue weighted by Crippen LogP contribution is 2.39. The van der Waals surface area contributed by atoms with Crippen molar-refractivity contribution in [1.29, 1.82) is 0 Å². The zero-order chi connectivity index (χ0) is 10.5. The van der Waals surface area contributed by atoms with Crippen molar-refractivity contribution in [3.63, 3.8) is 0 Å². The molecule has 0 amide bonds. The Morgan fingerprint density at radius 2 is 1.75 bits per heavy atom. The average Bonchev–Trinajstić information content (AvgIpc) is 2.88. The van der Waals surface area contributed by atoms with Crippen molar-refractivity contribution < 1.29 is 0 Å². The number of allylic oxidation sites excluding steroid dienone is 1. The molecule has 0 aromatic heterocycles. The van der Waals surface area contributed by atoms with Gasteiger partial charge in [0, 0.05) is 0 Å². The molecule has 0 aliphatic heterocycles. The second-order valence-corrected chi connectivity index (χ2v) is 4.65. The van der Waals surface area contributed by atoms with Crippen LogP contribution in [0, 0.1) is 0 Å². The van der Waals surface area contributed by atoms with E-state index in [1.54, 1.807) is 0 Å². The molecule has 0 unspecified atom stereocenters. The van der Waals surface area contributed by atoms with E-state index in [4.69, 9.17) is 0 Å². The molecule has 2 aliphatic carbocycles. The quantitative estimate of drug-likeness (QED) is 0.522. The van der Waals surface area contributed by atoms with Crippen LogP contribution in [0.1, 0.15) is 22.3 Å². The third-order valence-corrected chi connectivity index (χ3v) is 3.69. The lowest BCUT2D eigenvalue weighted by atomic mass is 9.99. The van der Waals surface area contributed by atoms with Gasteiger partial charge in [0.15, 0.2) is 0 Å². The maximum Gasteiger partial charge on any atom is -0.00132 e. The minimum absolute atomic E-state index is 1.10. The molecule has 0 N–H and O–H groups in total. The molecule has 0 bridgehead atoms. The van der Waals surface area contributed by atoms with E-state index >= 15 is 0 Å². The molecule has 16 heavy (non-hydrogen) atoms. The number of fused-ring (bicyclic) bond motifs is 4. The van der Waals surface area contributed by atoms with Crippen LogP contribution < -0.4 is 0 Å². The van der Waals surface area contributed by atoms with Gasteiger partial charge in [-0.3, -0.25) is 0 Å². The number of hydrogen-bond donors (Lipinski definition) is 0. The normalized spacial score (nSPS) is 14.8. The summed E-state index contributed by atoms with van der Waals surface area (Å²) in [6.07, 6.45) is 6.71. The van der Waals surface area contributed by atoms with Gasteiger partial charge in [-0.1, -0.05) is 42.5 Å². The van der Waals surface area contributed by atoms with E-state index in [1.165, 1.54) is 33.4 Å². The van der Waals surface area contributed by atoms with E-state index in [2.05, 4.69) is 48.6 Å². The number of hydrogen-bond acceptors (Lipinski definition) is 0. The Hall–Kier alpha value is -1.82. The van der Waals surface area contributed by atoms with Crippen molar-refractivity contribution in [2.75, 3.05) is 0 Å². The lowest BCUT2D eigenvalue weighted by molar-refractivity contribution is 1.24. The Morgan fingerprint density at radius 3 is 2.75 bits per heavy atom. The summed E-state index contributed by atoms with van der Waals surface area (Å²) in [5.74, 6) is 0. The maximum atomic E-state index is 2.39. The minimum atomic E-state index is 1.10. The predicted molar refractivity (Wildman–Crippen MR) is 67.4 cm³/mol. The lowest BCUT2D eigenvalue weighted by Crippen LogP contribution is -1.86. The summed E-state index contributed by atoms with van der Waals surface area (Å²) in [5.41, 5.74) is 8.77. The molecular formula is C16H12. The van der Waals surface area contributed by atoms with Crippen LogP contribution in [0.4, 0.5) is 0 Å². The van der Waals surface area contributed by atoms with Crippen molar-refractivity contribution >= 4 is 6.08 Å². The zero-order valence-electron chi connectivity index (χ0n) is 9.03. The van der Waals surface area contributed by atoms with E-state index in [0.717, 1.165) is 12.8 Å². The van der Waals surface area contributed by atoms with E-state index in [9.17, 15) is 0 Å². The van der Waals surface area contributed by atoms with Crippen LogP contribution in [-0.2, 0) is 12.8 Å². The van der Waals surface area contributed by atoms with Gasteiger partial charge >= 0.3 is 0 Å². The molecule has 2 aromatic carbocycles. The summed E-state index contributed by atoms with van der Waals surface area (Å²) < 4.78 is 0. The minimum Gasteiger partial charge on any atom is -0.0795 e. The first-order chi connectivity index (χ1) is 7.92. The van der Waals surface area contributed by atoms with Gasteiger partial charge in [0.05, 0.1) is 0 Å². The largest absolute Gasteiger partial charge is 0.0795 e. The maximum absolute atomic E-state index is 2.39. The molecule has 0 radical (unpaired) electrons. The van der Waals surface area contributed by atoms with E-state index in [-0.39, 0.29) is 0 Å². The smallest absolute Gasteiger partial charge is 0.00132 e. The molecule has 0 spiro atoms. The average molecular weight is 204 g/mol. The summed E-state index contributed by atoms with van der Waals surface area (Å²) in [7, 11) is 0. The van der Waals surface area contributed by atoms with Gasteiger partial charge in [0.2, 0.25) is 0 Å². The van der Waals surface area contributed by atoms with E-state index in [1.807, 2.05) is 0 Å². The Labute approximate surface area is 95.2 Å². The van der Waals surface area contributed by atoms with Gasteiger partial charge in [-0.05, 0) is 52.3 Å². The second-order valence-electron chi connectivity index (χ2n) is 4.65. The summed E-state index contributed by atoms with van der Waals surface area (Å²) in [4.78, 5) is 0. The van der Waals surface area contributed by atoms with Crippen LogP contribution in [0.25, 0.3) is 17.2 Å². The third kappa shape index (κ3) is 0.992. The highest BCUT2D eigenvalue weighted by atomic mass is 14.2. The van der Waals surface area contributed by atoms with Gasteiger partial charge in [0.1, 0.15) is 0 Å². The molecule has 4 rings (SSSR count). The first-order valence-corrected chi connectivity index (χ1v) is 5.82. The third-order valence-electron chi connectivity index (χ3n) is 3.69. The monoisotopic (exact) mass is 204 g/mol. The van der Waals surface area contributed by atoms with Gasteiger partial charge in [0.25, 0.3) is 0 Å². The lowest BCUT2D eigenvalue weighted by Gasteiger charge is -2.05. The van der Waals surface area contributed by atoms with Crippen molar-refractivity contribution in [1.82, 2.24) is 0 Å². The fourth-order valence-electron chi connectivity index (χ4n) is 2.89. The van der Waals surface area contributed by atoms with Gasteiger partial charge in [-0.15, -0.1) is 0 Å². The molecule has 2 aliphatic rings. The number of benzene rings is 2. The van der Waals surface area contributed by atoms with Gasteiger partial charge < -0.3 is 0 Å². The summed E-state index contributed by atoms with van der Waals surface area (Å²) in [5, 5.41) is 0. The Bertz CT molecular complexity index is 618. The van der Waals surface area contributed by atoms with Crippen molar-refractivity contribution in [3.05, 3.63) is 64.7 Å². The SMILES string of the molecule is C1=Cc2cc3c(cc2C1)-c1ccccc1C3. The molecule has 0 saturated heterocycles. The molecule has 0 heterocycles. The van der Waals surface area contributed by atoms with E-state index < -0.39 is 0 Å². The molecule has 0 saturated carbocycles. The van der Waals surface area contributed by atoms with Crippen molar-refractivity contribution in [3.8, 4) is 11.1 Å². The molecule has 76 valence electrons. The topological polar surface area (TPSA) is 0 Å². The van der Waals surface area contributed by atoms with Crippen LogP contribution in [-0.4, -0.2) is 0 Å².